The Bertz CT molecular complexity index is 588. The molecule has 0 aliphatic rings. The first kappa shape index (κ1) is 14.1. The van der Waals surface area contributed by atoms with E-state index in [1.807, 2.05) is 30.3 Å². The van der Waals surface area contributed by atoms with Gasteiger partial charge in [-0.3, -0.25) is 4.79 Å². The molecule has 0 spiro atoms. The van der Waals surface area contributed by atoms with Crippen molar-refractivity contribution in [1.29, 1.82) is 0 Å². The van der Waals surface area contributed by atoms with Gasteiger partial charge in [0, 0.05) is 5.69 Å². The van der Waals surface area contributed by atoms with Crippen LogP contribution in [0, 0.1) is 0 Å². The van der Waals surface area contributed by atoms with E-state index in [1.54, 1.807) is 18.2 Å². The predicted octanol–water partition coefficient (Wildman–Crippen LogP) is 3.70. The first-order chi connectivity index (χ1) is 9.54. The van der Waals surface area contributed by atoms with Crippen LogP contribution in [0.1, 0.15) is 30.9 Å². The maximum absolute atomic E-state index is 11.9. The van der Waals surface area contributed by atoms with Crippen molar-refractivity contribution in [2.24, 2.45) is 0 Å². The van der Waals surface area contributed by atoms with Crippen molar-refractivity contribution in [1.82, 2.24) is 0 Å². The zero-order valence-electron chi connectivity index (χ0n) is 11.8. The molecule has 104 valence electrons. The number of aromatic hydroxyl groups is 1. The van der Waals surface area contributed by atoms with Crippen molar-refractivity contribution in [2.45, 2.75) is 26.2 Å². The van der Waals surface area contributed by atoms with Crippen molar-refractivity contribution < 1.29 is 9.90 Å². The van der Waals surface area contributed by atoms with Gasteiger partial charge in [-0.05, 0) is 41.3 Å². The summed E-state index contributed by atoms with van der Waals surface area (Å²) in [7, 11) is 0. The fourth-order valence-corrected chi connectivity index (χ4v) is 2.01. The molecule has 0 aromatic heterocycles. The van der Waals surface area contributed by atoms with Gasteiger partial charge in [-0.15, -0.1) is 0 Å². The summed E-state index contributed by atoms with van der Waals surface area (Å²) >= 11 is 0. The normalized spacial score (nSPS) is 10.6. The summed E-state index contributed by atoms with van der Waals surface area (Å²) in [5.41, 5.74) is 2.83. The molecule has 0 bridgehead atoms. The molecule has 1 amide bonds. The monoisotopic (exact) mass is 269 g/mol. The largest absolute Gasteiger partial charge is 0.508 e. The lowest BCUT2D eigenvalue weighted by molar-refractivity contribution is -0.115. The number of anilines is 1. The van der Waals surface area contributed by atoms with Crippen LogP contribution in [0.4, 0.5) is 5.69 Å². The van der Waals surface area contributed by atoms with E-state index in [2.05, 4.69) is 19.2 Å². The van der Waals surface area contributed by atoms with Gasteiger partial charge >= 0.3 is 0 Å². The number of carbonyl (C=O) groups is 1. The fourth-order valence-electron chi connectivity index (χ4n) is 2.01. The summed E-state index contributed by atoms with van der Waals surface area (Å²) in [5, 5.41) is 12.2. The van der Waals surface area contributed by atoms with Crippen molar-refractivity contribution in [3.8, 4) is 5.75 Å². The molecule has 0 fully saturated rings. The van der Waals surface area contributed by atoms with Gasteiger partial charge in [0.25, 0.3) is 0 Å². The van der Waals surface area contributed by atoms with Crippen LogP contribution in [0.3, 0.4) is 0 Å². The maximum Gasteiger partial charge on any atom is 0.228 e. The van der Waals surface area contributed by atoms with Crippen LogP contribution in [0.5, 0.6) is 5.75 Å². The zero-order valence-corrected chi connectivity index (χ0v) is 11.8. The first-order valence-electron chi connectivity index (χ1n) is 6.72. The number of hydrogen-bond acceptors (Lipinski definition) is 2. The highest BCUT2D eigenvalue weighted by molar-refractivity contribution is 5.92. The van der Waals surface area contributed by atoms with Crippen LogP contribution >= 0.6 is 0 Å². The number of rotatable bonds is 4. The third-order valence-electron chi connectivity index (χ3n) is 3.14. The van der Waals surface area contributed by atoms with Gasteiger partial charge in [0.2, 0.25) is 5.91 Å². The van der Waals surface area contributed by atoms with Crippen LogP contribution in [-0.4, -0.2) is 11.0 Å². The summed E-state index contributed by atoms with van der Waals surface area (Å²) in [4.78, 5) is 11.9. The van der Waals surface area contributed by atoms with E-state index in [-0.39, 0.29) is 18.1 Å². The molecule has 2 N–H and O–H groups in total. The molecule has 20 heavy (non-hydrogen) atoms. The van der Waals surface area contributed by atoms with Gasteiger partial charge in [0.15, 0.2) is 0 Å². The van der Waals surface area contributed by atoms with Gasteiger partial charge in [0.05, 0.1) is 6.42 Å². The smallest absolute Gasteiger partial charge is 0.228 e. The van der Waals surface area contributed by atoms with E-state index in [1.165, 1.54) is 5.56 Å². The van der Waals surface area contributed by atoms with E-state index >= 15 is 0 Å². The number of benzene rings is 2. The van der Waals surface area contributed by atoms with E-state index in [9.17, 15) is 9.90 Å². The quantitative estimate of drug-likeness (QED) is 0.889. The summed E-state index contributed by atoms with van der Waals surface area (Å²) in [6.45, 7) is 4.27. The number of amides is 1. The second-order valence-electron chi connectivity index (χ2n) is 5.17. The SMILES string of the molecule is CC(C)c1ccc(NC(=O)Cc2cccc(O)c2)cc1. The van der Waals surface area contributed by atoms with Crippen molar-refractivity contribution in [3.63, 3.8) is 0 Å². The van der Waals surface area contributed by atoms with Crippen LogP contribution in [0.25, 0.3) is 0 Å². The average Bonchev–Trinajstić information content (AvgIpc) is 2.39. The molecule has 0 saturated carbocycles. The van der Waals surface area contributed by atoms with E-state index < -0.39 is 0 Å². The molecule has 2 aromatic rings. The lowest BCUT2D eigenvalue weighted by atomic mass is 10.0. The Kier molecular flexibility index (Phi) is 4.41. The highest BCUT2D eigenvalue weighted by Gasteiger charge is 2.05. The number of carbonyl (C=O) groups excluding carboxylic acids is 1. The third-order valence-corrected chi connectivity index (χ3v) is 3.14. The van der Waals surface area contributed by atoms with Crippen LogP contribution in [0.2, 0.25) is 0 Å². The minimum absolute atomic E-state index is 0.0899. The molecule has 2 aromatic carbocycles. The Morgan fingerprint density at radius 2 is 1.85 bits per heavy atom. The standard InChI is InChI=1S/C17H19NO2/c1-12(2)14-6-8-15(9-7-14)18-17(20)11-13-4-3-5-16(19)10-13/h3-10,12,19H,11H2,1-2H3,(H,18,20). The zero-order chi connectivity index (χ0) is 14.5. The first-order valence-corrected chi connectivity index (χ1v) is 6.72. The minimum atomic E-state index is -0.0899. The Hall–Kier alpha value is -2.29. The lowest BCUT2D eigenvalue weighted by Crippen LogP contribution is -2.14. The second-order valence-corrected chi connectivity index (χ2v) is 5.17. The van der Waals surface area contributed by atoms with Crippen LogP contribution < -0.4 is 5.32 Å². The van der Waals surface area contributed by atoms with Gasteiger partial charge < -0.3 is 10.4 Å². The van der Waals surface area contributed by atoms with E-state index in [0.29, 0.717) is 5.92 Å². The molecule has 2 rings (SSSR count). The summed E-state index contributed by atoms with van der Waals surface area (Å²) < 4.78 is 0. The van der Waals surface area contributed by atoms with Gasteiger partial charge in [-0.2, -0.15) is 0 Å². The molecular formula is C17H19NO2. The van der Waals surface area contributed by atoms with Gasteiger partial charge in [0.1, 0.15) is 5.75 Å². The van der Waals surface area contributed by atoms with Crippen molar-refractivity contribution in [3.05, 3.63) is 59.7 Å². The topological polar surface area (TPSA) is 49.3 Å². The molecule has 0 unspecified atom stereocenters. The van der Waals surface area contributed by atoms with Crippen LogP contribution in [0.15, 0.2) is 48.5 Å². The van der Waals surface area contributed by atoms with E-state index in [4.69, 9.17) is 0 Å². The van der Waals surface area contributed by atoms with Gasteiger partial charge in [-0.25, -0.2) is 0 Å². The molecular weight excluding hydrogens is 250 g/mol. The lowest BCUT2D eigenvalue weighted by Gasteiger charge is -2.08. The van der Waals surface area contributed by atoms with Crippen LogP contribution in [-0.2, 0) is 11.2 Å². The highest BCUT2D eigenvalue weighted by atomic mass is 16.3. The second kappa shape index (κ2) is 6.24. The number of nitrogens with one attached hydrogen (secondary N) is 1. The predicted molar refractivity (Wildman–Crippen MR) is 81.0 cm³/mol. The van der Waals surface area contributed by atoms with E-state index in [0.717, 1.165) is 11.3 Å². The highest BCUT2D eigenvalue weighted by Crippen LogP contribution is 2.17. The summed E-state index contributed by atoms with van der Waals surface area (Å²) in [6.07, 6.45) is 0.250. The molecule has 3 heteroatoms. The molecule has 0 aliphatic carbocycles. The Morgan fingerprint density at radius 1 is 1.15 bits per heavy atom. The summed E-state index contributed by atoms with van der Waals surface area (Å²) in [5.74, 6) is 0.566. The minimum Gasteiger partial charge on any atom is -0.508 e. The Labute approximate surface area is 119 Å². The molecule has 0 atom stereocenters. The molecule has 3 nitrogen and oxygen atoms in total. The molecule has 0 saturated heterocycles. The van der Waals surface area contributed by atoms with Gasteiger partial charge in [-0.1, -0.05) is 38.1 Å². The maximum atomic E-state index is 11.9. The Balaban J connectivity index is 1.97. The molecule has 0 heterocycles. The average molecular weight is 269 g/mol. The van der Waals surface area contributed by atoms with Crippen molar-refractivity contribution >= 4 is 11.6 Å². The fraction of sp³-hybridized carbons (Fsp3) is 0.235. The molecule has 0 radical (unpaired) electrons. The Morgan fingerprint density at radius 3 is 2.45 bits per heavy atom. The number of hydrogen-bond donors (Lipinski definition) is 2. The number of phenolic OH excluding ortho intramolecular Hbond substituents is 1. The van der Waals surface area contributed by atoms with Crippen molar-refractivity contribution in [2.75, 3.05) is 5.32 Å². The summed E-state index contributed by atoms with van der Waals surface area (Å²) in [6, 6.07) is 14.6. The number of phenols is 1. The molecule has 0 aliphatic heterocycles. The third kappa shape index (κ3) is 3.85.